The van der Waals surface area contributed by atoms with Crippen LogP contribution in [-0.2, 0) is 0 Å². The quantitative estimate of drug-likeness (QED) is 0.820. The van der Waals surface area contributed by atoms with E-state index in [-0.39, 0.29) is 6.04 Å². The van der Waals surface area contributed by atoms with E-state index in [1.807, 2.05) is 31.2 Å². The van der Waals surface area contributed by atoms with Crippen molar-refractivity contribution in [3.8, 4) is 5.75 Å². The number of halogens is 1. The second-order valence-electron chi connectivity index (χ2n) is 4.53. The summed E-state index contributed by atoms with van der Waals surface area (Å²) in [4.78, 5) is 0. The molecule has 1 aromatic heterocycles. The second kappa shape index (κ2) is 7.36. The number of furan rings is 1. The van der Waals surface area contributed by atoms with Crippen molar-refractivity contribution < 1.29 is 9.15 Å². The Kier molecular flexibility index (Phi) is 5.50. The van der Waals surface area contributed by atoms with E-state index in [2.05, 4.69) is 18.3 Å². The molecule has 0 aliphatic rings. The summed E-state index contributed by atoms with van der Waals surface area (Å²) in [5.41, 5.74) is 1.11. The maximum atomic E-state index is 5.89. The van der Waals surface area contributed by atoms with Crippen molar-refractivity contribution in [2.45, 2.75) is 26.3 Å². The van der Waals surface area contributed by atoms with Crippen molar-refractivity contribution in [3.63, 3.8) is 0 Å². The standard InChI is InChI=1S/C16H20ClNO2/c1-3-10-18-16(14-8-9-15(17)20-14)12-6-5-7-13(11-12)19-4-2/h5-9,11,16,18H,3-4,10H2,1-2H3. The summed E-state index contributed by atoms with van der Waals surface area (Å²) in [7, 11) is 0. The van der Waals surface area contributed by atoms with Crippen molar-refractivity contribution in [2.75, 3.05) is 13.2 Å². The van der Waals surface area contributed by atoms with Gasteiger partial charge in [0.15, 0.2) is 5.22 Å². The maximum Gasteiger partial charge on any atom is 0.193 e. The number of hydrogen-bond acceptors (Lipinski definition) is 3. The number of hydrogen-bond donors (Lipinski definition) is 1. The molecule has 0 aliphatic heterocycles. The van der Waals surface area contributed by atoms with Gasteiger partial charge >= 0.3 is 0 Å². The Morgan fingerprint density at radius 1 is 1.25 bits per heavy atom. The molecule has 108 valence electrons. The molecule has 0 spiro atoms. The Morgan fingerprint density at radius 2 is 2.10 bits per heavy atom. The van der Waals surface area contributed by atoms with E-state index in [4.69, 9.17) is 20.8 Å². The number of nitrogens with one attached hydrogen (secondary N) is 1. The lowest BCUT2D eigenvalue weighted by molar-refractivity contribution is 0.339. The molecule has 0 bridgehead atoms. The summed E-state index contributed by atoms with van der Waals surface area (Å²) in [6, 6.07) is 11.7. The number of rotatable bonds is 7. The van der Waals surface area contributed by atoms with Crippen LogP contribution in [0.15, 0.2) is 40.8 Å². The second-order valence-corrected chi connectivity index (χ2v) is 4.91. The van der Waals surface area contributed by atoms with Gasteiger partial charge in [-0.1, -0.05) is 19.1 Å². The monoisotopic (exact) mass is 293 g/mol. The lowest BCUT2D eigenvalue weighted by atomic mass is 10.0. The van der Waals surface area contributed by atoms with E-state index >= 15 is 0 Å². The molecule has 0 aliphatic carbocycles. The van der Waals surface area contributed by atoms with E-state index in [9.17, 15) is 0 Å². The van der Waals surface area contributed by atoms with E-state index in [0.29, 0.717) is 11.8 Å². The first-order chi connectivity index (χ1) is 9.74. The van der Waals surface area contributed by atoms with Gasteiger partial charge in [0, 0.05) is 0 Å². The zero-order chi connectivity index (χ0) is 14.4. The highest BCUT2D eigenvalue weighted by molar-refractivity contribution is 6.28. The van der Waals surface area contributed by atoms with Gasteiger partial charge in [-0.2, -0.15) is 0 Å². The minimum absolute atomic E-state index is 0.0112. The highest BCUT2D eigenvalue weighted by Crippen LogP contribution is 2.28. The molecule has 2 aromatic rings. The SMILES string of the molecule is CCCNC(c1cccc(OCC)c1)c1ccc(Cl)o1. The predicted molar refractivity (Wildman–Crippen MR) is 81.5 cm³/mol. The maximum absolute atomic E-state index is 5.89. The van der Waals surface area contributed by atoms with Gasteiger partial charge in [-0.15, -0.1) is 0 Å². The summed E-state index contributed by atoms with van der Waals surface area (Å²) < 4.78 is 11.1. The molecular weight excluding hydrogens is 274 g/mol. The molecule has 0 saturated carbocycles. The molecule has 3 nitrogen and oxygen atoms in total. The lowest BCUT2D eigenvalue weighted by Gasteiger charge is -2.17. The Balaban J connectivity index is 2.28. The van der Waals surface area contributed by atoms with E-state index in [1.165, 1.54) is 0 Å². The third-order valence-corrected chi connectivity index (χ3v) is 3.18. The first kappa shape index (κ1) is 14.9. The molecule has 1 heterocycles. The topological polar surface area (TPSA) is 34.4 Å². The number of ether oxygens (including phenoxy) is 1. The van der Waals surface area contributed by atoms with Gasteiger partial charge in [0.1, 0.15) is 11.5 Å². The zero-order valence-corrected chi connectivity index (χ0v) is 12.6. The Morgan fingerprint density at radius 3 is 2.75 bits per heavy atom. The summed E-state index contributed by atoms with van der Waals surface area (Å²) in [6.07, 6.45) is 1.05. The van der Waals surface area contributed by atoms with Gasteiger partial charge in [0.2, 0.25) is 0 Å². The van der Waals surface area contributed by atoms with Gasteiger partial charge in [0.05, 0.1) is 12.6 Å². The van der Waals surface area contributed by atoms with Crippen molar-refractivity contribution >= 4 is 11.6 Å². The summed E-state index contributed by atoms with van der Waals surface area (Å²) >= 11 is 5.89. The minimum Gasteiger partial charge on any atom is -0.494 e. The average Bonchev–Trinajstić information content (AvgIpc) is 2.87. The Bertz CT molecular complexity index is 539. The average molecular weight is 294 g/mol. The van der Waals surface area contributed by atoms with Crippen LogP contribution in [0, 0.1) is 0 Å². The van der Waals surface area contributed by atoms with Crippen molar-refractivity contribution in [1.82, 2.24) is 5.32 Å². The molecule has 4 heteroatoms. The van der Waals surface area contributed by atoms with Crippen molar-refractivity contribution in [2.24, 2.45) is 0 Å². The van der Waals surface area contributed by atoms with Crippen LogP contribution in [0.3, 0.4) is 0 Å². The van der Waals surface area contributed by atoms with E-state index in [0.717, 1.165) is 30.0 Å². The highest BCUT2D eigenvalue weighted by atomic mass is 35.5. The van der Waals surface area contributed by atoms with Crippen LogP contribution in [0.2, 0.25) is 5.22 Å². The van der Waals surface area contributed by atoms with Crippen LogP contribution in [0.25, 0.3) is 0 Å². The van der Waals surface area contributed by atoms with Crippen molar-refractivity contribution in [3.05, 3.63) is 52.9 Å². The Labute approximate surface area is 124 Å². The molecule has 0 radical (unpaired) electrons. The molecule has 0 saturated heterocycles. The van der Waals surface area contributed by atoms with Crippen LogP contribution in [0.5, 0.6) is 5.75 Å². The minimum atomic E-state index is -0.0112. The zero-order valence-electron chi connectivity index (χ0n) is 11.9. The van der Waals surface area contributed by atoms with Gasteiger partial charge in [-0.05, 0) is 61.3 Å². The fraction of sp³-hybridized carbons (Fsp3) is 0.375. The first-order valence-electron chi connectivity index (χ1n) is 6.96. The summed E-state index contributed by atoms with van der Waals surface area (Å²) in [5.74, 6) is 1.68. The molecule has 0 amide bonds. The van der Waals surface area contributed by atoms with Crippen molar-refractivity contribution in [1.29, 1.82) is 0 Å². The fourth-order valence-electron chi connectivity index (χ4n) is 2.11. The third-order valence-electron chi connectivity index (χ3n) is 2.98. The number of benzene rings is 1. The molecule has 1 N–H and O–H groups in total. The van der Waals surface area contributed by atoms with Gasteiger partial charge < -0.3 is 14.5 Å². The van der Waals surface area contributed by atoms with Crippen LogP contribution in [0.1, 0.15) is 37.6 Å². The third kappa shape index (κ3) is 3.78. The summed E-state index contributed by atoms with van der Waals surface area (Å²) in [6.45, 7) is 5.67. The summed E-state index contributed by atoms with van der Waals surface area (Å²) in [5, 5.41) is 3.88. The van der Waals surface area contributed by atoms with Crippen LogP contribution < -0.4 is 10.1 Å². The lowest BCUT2D eigenvalue weighted by Crippen LogP contribution is -2.22. The molecule has 2 rings (SSSR count). The normalized spacial score (nSPS) is 12.3. The van der Waals surface area contributed by atoms with Crippen LogP contribution >= 0.6 is 11.6 Å². The molecule has 1 atom stereocenters. The van der Waals surface area contributed by atoms with Crippen LogP contribution in [-0.4, -0.2) is 13.2 Å². The highest BCUT2D eigenvalue weighted by Gasteiger charge is 2.17. The largest absolute Gasteiger partial charge is 0.494 e. The van der Waals surface area contributed by atoms with Gasteiger partial charge in [-0.3, -0.25) is 0 Å². The smallest absolute Gasteiger partial charge is 0.193 e. The first-order valence-corrected chi connectivity index (χ1v) is 7.33. The molecular formula is C16H20ClNO2. The van der Waals surface area contributed by atoms with Gasteiger partial charge in [-0.25, -0.2) is 0 Å². The fourth-order valence-corrected chi connectivity index (χ4v) is 2.26. The molecule has 1 unspecified atom stereocenters. The van der Waals surface area contributed by atoms with Crippen LogP contribution in [0.4, 0.5) is 0 Å². The molecule has 0 fully saturated rings. The predicted octanol–water partition coefficient (Wildman–Crippen LogP) is 4.42. The molecule has 20 heavy (non-hydrogen) atoms. The van der Waals surface area contributed by atoms with E-state index < -0.39 is 0 Å². The Hall–Kier alpha value is -1.45. The molecule has 1 aromatic carbocycles. The van der Waals surface area contributed by atoms with E-state index in [1.54, 1.807) is 6.07 Å². The van der Waals surface area contributed by atoms with Gasteiger partial charge in [0.25, 0.3) is 0 Å².